The summed E-state index contributed by atoms with van der Waals surface area (Å²) in [5, 5.41) is 17.4. The molecule has 0 saturated carbocycles. The first-order chi connectivity index (χ1) is 16.0. The molecule has 6 nitrogen and oxygen atoms in total. The lowest BCUT2D eigenvalue weighted by molar-refractivity contribution is 0.200. The van der Waals surface area contributed by atoms with Gasteiger partial charge < -0.3 is 5.11 Å². The molecule has 3 aromatic carbocycles. The Bertz CT molecular complexity index is 1340. The lowest BCUT2D eigenvalue weighted by Gasteiger charge is -2.29. The highest BCUT2D eigenvalue weighted by atomic mass is 35.5. The van der Waals surface area contributed by atoms with Crippen molar-refractivity contribution >= 4 is 33.2 Å². The number of nitrogens with zero attached hydrogens (tertiary/aromatic N) is 2. The van der Waals surface area contributed by atoms with Crippen molar-refractivity contribution in [3.8, 4) is 6.07 Å². The van der Waals surface area contributed by atoms with Crippen LogP contribution in [0.3, 0.4) is 0 Å². The first kappa shape index (κ1) is 25.1. The van der Waals surface area contributed by atoms with Crippen LogP contribution in [0.5, 0.6) is 0 Å². The third kappa shape index (κ3) is 5.35. The predicted octanol–water partition coefficient (Wildman–Crippen LogP) is 5.83. The van der Waals surface area contributed by atoms with E-state index in [0.717, 1.165) is 23.1 Å². The van der Waals surface area contributed by atoms with Gasteiger partial charge in [-0.3, -0.25) is 4.90 Å². The van der Waals surface area contributed by atoms with Gasteiger partial charge in [-0.2, -0.15) is 5.26 Å². The van der Waals surface area contributed by atoms with Crippen LogP contribution in [-0.2, 0) is 9.84 Å². The van der Waals surface area contributed by atoms with Crippen molar-refractivity contribution in [1.29, 1.82) is 5.26 Å². The average molecular weight is 505 g/mol. The van der Waals surface area contributed by atoms with Gasteiger partial charge in [-0.1, -0.05) is 18.5 Å². The van der Waals surface area contributed by atoms with E-state index in [9.17, 15) is 27.1 Å². The highest BCUT2D eigenvalue weighted by Crippen LogP contribution is 2.38. The molecule has 176 valence electrons. The van der Waals surface area contributed by atoms with Crippen molar-refractivity contribution in [2.75, 3.05) is 11.4 Å². The molecule has 0 aromatic heterocycles. The molecular formula is C24H19ClF2N2O4S. The summed E-state index contributed by atoms with van der Waals surface area (Å²) in [5.74, 6) is -2.78. The number of carboxylic acid groups (broad SMARTS) is 1. The molecule has 0 heterocycles. The van der Waals surface area contributed by atoms with Crippen molar-refractivity contribution in [2.24, 2.45) is 5.92 Å². The van der Waals surface area contributed by atoms with Crippen LogP contribution in [-0.4, -0.2) is 26.2 Å². The van der Waals surface area contributed by atoms with Crippen LogP contribution < -0.4 is 4.90 Å². The minimum atomic E-state index is -4.30. The second-order valence-corrected chi connectivity index (χ2v) is 10.1. The smallest absolute Gasteiger partial charge is 0.411 e. The molecule has 0 aliphatic carbocycles. The molecule has 0 unspecified atom stereocenters. The SMILES string of the molecule is C[C@H](CN(C(=O)O)c1ccc(C#N)cc1)[C@@H](c1cc(F)ccc1F)S(=O)(=O)c1ccc(Cl)cc1. The van der Waals surface area contributed by atoms with Gasteiger partial charge in [-0.05, 0) is 72.6 Å². The van der Waals surface area contributed by atoms with Gasteiger partial charge in [0.15, 0.2) is 9.84 Å². The Morgan fingerprint density at radius 3 is 2.26 bits per heavy atom. The Hall–Kier alpha value is -3.48. The van der Waals surface area contributed by atoms with Gasteiger partial charge in [0.05, 0.1) is 21.8 Å². The van der Waals surface area contributed by atoms with Gasteiger partial charge in [0, 0.05) is 22.8 Å². The average Bonchev–Trinajstić information content (AvgIpc) is 2.80. The maximum Gasteiger partial charge on any atom is 0.411 e. The second-order valence-electron chi connectivity index (χ2n) is 7.61. The maximum absolute atomic E-state index is 14.8. The fourth-order valence-electron chi connectivity index (χ4n) is 3.68. The normalized spacial score (nSPS) is 13.0. The maximum atomic E-state index is 14.8. The summed E-state index contributed by atoms with van der Waals surface area (Å²) >= 11 is 5.86. The van der Waals surface area contributed by atoms with Crippen LogP contribution >= 0.6 is 11.6 Å². The van der Waals surface area contributed by atoms with Gasteiger partial charge in [0.1, 0.15) is 11.6 Å². The highest BCUT2D eigenvalue weighted by molar-refractivity contribution is 7.91. The lowest BCUT2D eigenvalue weighted by atomic mass is 9.99. The minimum absolute atomic E-state index is 0.169. The molecule has 1 amide bonds. The first-order valence-electron chi connectivity index (χ1n) is 9.99. The molecule has 0 bridgehead atoms. The van der Waals surface area contributed by atoms with E-state index in [1.54, 1.807) is 0 Å². The van der Waals surface area contributed by atoms with Gasteiger partial charge in [0.25, 0.3) is 0 Å². The number of hydrogen-bond acceptors (Lipinski definition) is 4. The first-order valence-corrected chi connectivity index (χ1v) is 11.9. The molecule has 1 N–H and O–H groups in total. The van der Waals surface area contributed by atoms with Crippen molar-refractivity contribution < 1.29 is 27.1 Å². The minimum Gasteiger partial charge on any atom is -0.465 e. The fraction of sp³-hybridized carbons (Fsp3) is 0.167. The molecule has 2 atom stereocenters. The predicted molar refractivity (Wildman–Crippen MR) is 123 cm³/mol. The number of benzene rings is 3. The zero-order valence-corrected chi connectivity index (χ0v) is 19.4. The van der Waals surface area contributed by atoms with Gasteiger partial charge in [-0.15, -0.1) is 0 Å². The third-order valence-corrected chi connectivity index (χ3v) is 7.84. The number of nitriles is 1. The van der Waals surface area contributed by atoms with Gasteiger partial charge >= 0.3 is 6.09 Å². The molecular weight excluding hydrogens is 486 g/mol. The molecule has 0 aliphatic heterocycles. The second kappa shape index (κ2) is 10.2. The molecule has 0 aliphatic rings. The van der Waals surface area contributed by atoms with E-state index in [4.69, 9.17) is 16.9 Å². The largest absolute Gasteiger partial charge is 0.465 e. The topological polar surface area (TPSA) is 98.5 Å². The number of hydrogen-bond donors (Lipinski definition) is 1. The van der Waals surface area contributed by atoms with Crippen LogP contribution in [0.15, 0.2) is 71.6 Å². The summed E-state index contributed by atoms with van der Waals surface area (Å²) in [6.45, 7) is 1.09. The zero-order valence-electron chi connectivity index (χ0n) is 17.8. The lowest BCUT2D eigenvalue weighted by Crippen LogP contribution is -2.37. The summed E-state index contributed by atoms with van der Waals surface area (Å²) < 4.78 is 56.0. The molecule has 0 saturated heterocycles. The number of amides is 1. The molecule has 34 heavy (non-hydrogen) atoms. The summed E-state index contributed by atoms with van der Waals surface area (Å²) in [7, 11) is -4.30. The Balaban J connectivity index is 2.09. The van der Waals surface area contributed by atoms with Crippen molar-refractivity contribution in [1.82, 2.24) is 0 Å². The van der Waals surface area contributed by atoms with Crippen LogP contribution in [0.4, 0.5) is 19.3 Å². The van der Waals surface area contributed by atoms with E-state index in [2.05, 4.69) is 0 Å². The van der Waals surface area contributed by atoms with Crippen molar-refractivity contribution in [2.45, 2.75) is 17.1 Å². The molecule has 0 fully saturated rings. The quantitative estimate of drug-likeness (QED) is 0.436. The number of halogens is 3. The molecule has 10 heteroatoms. The number of anilines is 1. The standard InChI is InChI=1S/C24H19ClF2N2O4S/c1-15(14-29(24(30)31)19-7-2-16(13-28)3-8-19)23(21-12-18(26)6-11-22(21)27)34(32,33)20-9-4-17(25)5-10-20/h2-12,15,23H,14H2,1H3,(H,30,31)/t15-,23+/m1/s1. The van der Waals surface area contributed by atoms with E-state index < -0.39 is 44.3 Å². The van der Waals surface area contributed by atoms with Crippen LogP contribution in [0.1, 0.15) is 23.3 Å². The van der Waals surface area contributed by atoms with Crippen molar-refractivity contribution in [3.63, 3.8) is 0 Å². The number of rotatable bonds is 7. The van der Waals surface area contributed by atoms with E-state index in [1.165, 1.54) is 55.5 Å². The monoisotopic (exact) mass is 504 g/mol. The van der Waals surface area contributed by atoms with E-state index >= 15 is 0 Å². The molecule has 3 aromatic rings. The fourth-order valence-corrected chi connectivity index (χ4v) is 5.82. The third-order valence-electron chi connectivity index (χ3n) is 5.27. The molecule has 0 radical (unpaired) electrons. The summed E-state index contributed by atoms with van der Waals surface area (Å²) in [4.78, 5) is 12.7. The number of sulfone groups is 1. The Morgan fingerprint density at radius 1 is 1.09 bits per heavy atom. The number of carbonyl (C=O) groups is 1. The Labute approximate surface area is 200 Å². The summed E-state index contributed by atoms with van der Waals surface area (Å²) in [5.41, 5.74) is 0.0977. The van der Waals surface area contributed by atoms with E-state index in [-0.39, 0.29) is 17.1 Å². The van der Waals surface area contributed by atoms with Crippen molar-refractivity contribution in [3.05, 3.63) is 94.5 Å². The Kier molecular flexibility index (Phi) is 7.54. The van der Waals surface area contributed by atoms with Gasteiger partial charge in [0.2, 0.25) is 0 Å². The van der Waals surface area contributed by atoms with Gasteiger partial charge in [-0.25, -0.2) is 22.0 Å². The molecule has 3 rings (SSSR count). The van der Waals surface area contributed by atoms with Crippen LogP contribution in [0.2, 0.25) is 5.02 Å². The van der Waals surface area contributed by atoms with Crippen LogP contribution in [0, 0.1) is 28.9 Å². The highest BCUT2D eigenvalue weighted by Gasteiger charge is 2.37. The van der Waals surface area contributed by atoms with Crippen LogP contribution in [0.25, 0.3) is 0 Å². The summed E-state index contributed by atoms with van der Waals surface area (Å²) in [6, 6.07) is 15.3. The zero-order chi connectivity index (χ0) is 25.0. The summed E-state index contributed by atoms with van der Waals surface area (Å²) in [6.07, 6.45) is -1.38. The van der Waals surface area contributed by atoms with E-state index in [1.807, 2.05) is 6.07 Å². The van der Waals surface area contributed by atoms with E-state index in [0.29, 0.717) is 10.6 Å². The Morgan fingerprint density at radius 2 is 1.71 bits per heavy atom. The molecule has 0 spiro atoms.